The van der Waals surface area contributed by atoms with Crippen LogP contribution in [0.3, 0.4) is 0 Å². The molecule has 1 aliphatic rings. The van der Waals surface area contributed by atoms with Gasteiger partial charge in [0, 0.05) is 13.2 Å². The zero-order valence-corrected chi connectivity index (χ0v) is 9.55. The Bertz CT molecular complexity index is 165. The SMILES string of the molecule is COC(C)(C)CCC(O)C1CCCN1. The van der Waals surface area contributed by atoms with Gasteiger partial charge in [-0.2, -0.15) is 0 Å². The van der Waals surface area contributed by atoms with Crippen LogP contribution in [0.5, 0.6) is 0 Å². The summed E-state index contributed by atoms with van der Waals surface area (Å²) in [5.41, 5.74) is -0.112. The van der Waals surface area contributed by atoms with E-state index in [1.807, 2.05) is 0 Å². The summed E-state index contributed by atoms with van der Waals surface area (Å²) >= 11 is 0. The van der Waals surface area contributed by atoms with Crippen LogP contribution in [0.1, 0.15) is 39.5 Å². The fourth-order valence-electron chi connectivity index (χ4n) is 1.84. The molecule has 0 radical (unpaired) electrons. The highest BCUT2D eigenvalue weighted by Gasteiger charge is 2.25. The van der Waals surface area contributed by atoms with Crippen molar-refractivity contribution in [2.45, 2.75) is 57.3 Å². The largest absolute Gasteiger partial charge is 0.392 e. The third-order valence-corrected chi connectivity index (χ3v) is 3.16. The second kappa shape index (κ2) is 5.10. The number of ether oxygens (including phenoxy) is 1. The fraction of sp³-hybridized carbons (Fsp3) is 1.00. The van der Waals surface area contributed by atoms with Crippen LogP contribution in [0.15, 0.2) is 0 Å². The maximum absolute atomic E-state index is 9.89. The molecule has 1 fully saturated rings. The van der Waals surface area contributed by atoms with E-state index in [1.165, 1.54) is 6.42 Å². The summed E-state index contributed by atoms with van der Waals surface area (Å²) in [4.78, 5) is 0. The first-order valence-corrected chi connectivity index (χ1v) is 5.52. The Morgan fingerprint density at radius 2 is 2.29 bits per heavy atom. The minimum atomic E-state index is -0.216. The molecule has 84 valence electrons. The normalized spacial score (nSPS) is 25.3. The number of rotatable bonds is 5. The zero-order chi connectivity index (χ0) is 10.6. The lowest BCUT2D eigenvalue weighted by atomic mass is 9.96. The van der Waals surface area contributed by atoms with Crippen LogP contribution in [0, 0.1) is 0 Å². The molecule has 1 saturated heterocycles. The van der Waals surface area contributed by atoms with Gasteiger partial charge < -0.3 is 15.2 Å². The van der Waals surface area contributed by atoms with Crippen LogP contribution in [-0.4, -0.2) is 36.5 Å². The quantitative estimate of drug-likeness (QED) is 0.704. The van der Waals surface area contributed by atoms with Gasteiger partial charge in [0.15, 0.2) is 0 Å². The third-order valence-electron chi connectivity index (χ3n) is 3.16. The lowest BCUT2D eigenvalue weighted by Gasteiger charge is -2.26. The third kappa shape index (κ3) is 3.56. The maximum atomic E-state index is 9.89. The van der Waals surface area contributed by atoms with Gasteiger partial charge in [-0.15, -0.1) is 0 Å². The van der Waals surface area contributed by atoms with Crippen LogP contribution >= 0.6 is 0 Å². The average molecular weight is 201 g/mol. The van der Waals surface area contributed by atoms with E-state index in [9.17, 15) is 5.11 Å². The standard InChI is InChI=1S/C11H23NO2/c1-11(2,14-3)7-6-10(13)9-5-4-8-12-9/h9-10,12-13H,4-8H2,1-3H3. The van der Waals surface area contributed by atoms with Crippen molar-refractivity contribution in [2.75, 3.05) is 13.7 Å². The molecule has 2 N–H and O–H groups in total. The Kier molecular flexibility index (Phi) is 4.35. The summed E-state index contributed by atoms with van der Waals surface area (Å²) in [5, 5.41) is 13.2. The van der Waals surface area contributed by atoms with E-state index < -0.39 is 0 Å². The van der Waals surface area contributed by atoms with Crippen molar-refractivity contribution in [3.8, 4) is 0 Å². The monoisotopic (exact) mass is 201 g/mol. The minimum Gasteiger partial charge on any atom is -0.392 e. The van der Waals surface area contributed by atoms with Gasteiger partial charge in [-0.05, 0) is 46.1 Å². The van der Waals surface area contributed by atoms with Gasteiger partial charge in [0.05, 0.1) is 11.7 Å². The summed E-state index contributed by atoms with van der Waals surface area (Å²) in [6.45, 7) is 5.17. The minimum absolute atomic E-state index is 0.112. The van der Waals surface area contributed by atoms with E-state index in [0.717, 1.165) is 25.8 Å². The van der Waals surface area contributed by atoms with Crippen LogP contribution < -0.4 is 5.32 Å². The number of hydrogen-bond donors (Lipinski definition) is 2. The highest BCUT2D eigenvalue weighted by atomic mass is 16.5. The first-order chi connectivity index (χ1) is 6.55. The van der Waals surface area contributed by atoms with Crippen molar-refractivity contribution >= 4 is 0 Å². The fourth-order valence-corrected chi connectivity index (χ4v) is 1.84. The van der Waals surface area contributed by atoms with E-state index >= 15 is 0 Å². The maximum Gasteiger partial charge on any atom is 0.0694 e. The zero-order valence-electron chi connectivity index (χ0n) is 9.55. The topological polar surface area (TPSA) is 41.5 Å². The van der Waals surface area contributed by atoms with E-state index in [1.54, 1.807) is 7.11 Å². The molecule has 1 heterocycles. The first kappa shape index (κ1) is 12.0. The highest BCUT2D eigenvalue weighted by molar-refractivity contribution is 4.82. The van der Waals surface area contributed by atoms with E-state index in [-0.39, 0.29) is 11.7 Å². The van der Waals surface area contributed by atoms with E-state index in [0.29, 0.717) is 6.04 Å². The molecule has 0 aromatic heterocycles. The molecular weight excluding hydrogens is 178 g/mol. The van der Waals surface area contributed by atoms with Crippen molar-refractivity contribution in [1.82, 2.24) is 5.32 Å². The molecule has 0 amide bonds. The van der Waals surface area contributed by atoms with Gasteiger partial charge in [0.25, 0.3) is 0 Å². The number of hydrogen-bond acceptors (Lipinski definition) is 3. The van der Waals surface area contributed by atoms with Gasteiger partial charge in [0.2, 0.25) is 0 Å². The molecule has 0 aromatic carbocycles. The van der Waals surface area contributed by atoms with Crippen LogP contribution in [0.4, 0.5) is 0 Å². The smallest absolute Gasteiger partial charge is 0.0694 e. The van der Waals surface area contributed by atoms with Crippen molar-refractivity contribution in [3.63, 3.8) is 0 Å². The molecule has 3 nitrogen and oxygen atoms in total. The second-order valence-corrected chi connectivity index (χ2v) is 4.77. The van der Waals surface area contributed by atoms with Crippen LogP contribution in [0.25, 0.3) is 0 Å². The van der Waals surface area contributed by atoms with E-state index in [4.69, 9.17) is 4.74 Å². The second-order valence-electron chi connectivity index (χ2n) is 4.77. The summed E-state index contributed by atoms with van der Waals surface area (Å²) in [5.74, 6) is 0. The predicted octanol–water partition coefficient (Wildman–Crippen LogP) is 1.30. The number of aliphatic hydroxyl groups is 1. The van der Waals surface area contributed by atoms with Crippen LogP contribution in [0.2, 0.25) is 0 Å². The molecule has 2 atom stereocenters. The summed E-state index contributed by atoms with van der Waals surface area (Å²) in [6.07, 6.45) is 3.80. The van der Waals surface area contributed by atoms with Crippen molar-refractivity contribution in [3.05, 3.63) is 0 Å². The Balaban J connectivity index is 2.23. The molecule has 0 saturated carbocycles. The molecule has 1 rings (SSSR count). The molecular formula is C11H23NO2. The Labute approximate surface area is 86.8 Å². The van der Waals surface area contributed by atoms with Crippen molar-refractivity contribution < 1.29 is 9.84 Å². The lowest BCUT2D eigenvalue weighted by Crippen LogP contribution is -2.36. The number of nitrogens with one attached hydrogen (secondary N) is 1. The number of aliphatic hydroxyl groups excluding tert-OH is 1. The van der Waals surface area contributed by atoms with Gasteiger partial charge >= 0.3 is 0 Å². The molecule has 0 aromatic rings. The van der Waals surface area contributed by atoms with Crippen molar-refractivity contribution in [1.29, 1.82) is 0 Å². The molecule has 2 unspecified atom stereocenters. The van der Waals surface area contributed by atoms with Gasteiger partial charge in [0.1, 0.15) is 0 Å². The molecule has 0 aliphatic carbocycles. The predicted molar refractivity (Wildman–Crippen MR) is 57.4 cm³/mol. The lowest BCUT2D eigenvalue weighted by molar-refractivity contribution is -0.000234. The average Bonchev–Trinajstić information content (AvgIpc) is 2.67. The van der Waals surface area contributed by atoms with Crippen molar-refractivity contribution in [2.24, 2.45) is 0 Å². The molecule has 0 spiro atoms. The summed E-state index contributed by atoms with van der Waals surface area (Å²) < 4.78 is 5.32. The molecule has 14 heavy (non-hydrogen) atoms. The first-order valence-electron chi connectivity index (χ1n) is 5.52. The van der Waals surface area contributed by atoms with E-state index in [2.05, 4.69) is 19.2 Å². The van der Waals surface area contributed by atoms with Gasteiger partial charge in [-0.3, -0.25) is 0 Å². The van der Waals surface area contributed by atoms with Gasteiger partial charge in [-0.25, -0.2) is 0 Å². The Hall–Kier alpha value is -0.120. The Morgan fingerprint density at radius 1 is 1.57 bits per heavy atom. The number of methoxy groups -OCH3 is 1. The summed E-state index contributed by atoms with van der Waals surface area (Å²) in [7, 11) is 1.72. The summed E-state index contributed by atoms with van der Waals surface area (Å²) in [6, 6.07) is 0.308. The highest BCUT2D eigenvalue weighted by Crippen LogP contribution is 2.20. The van der Waals surface area contributed by atoms with Crippen LogP contribution in [-0.2, 0) is 4.74 Å². The van der Waals surface area contributed by atoms with Gasteiger partial charge in [-0.1, -0.05) is 0 Å². The molecule has 0 bridgehead atoms. The molecule has 1 aliphatic heterocycles. The molecule has 3 heteroatoms. The Morgan fingerprint density at radius 3 is 2.79 bits per heavy atom.